The maximum atomic E-state index is 11.8. The van der Waals surface area contributed by atoms with Crippen molar-refractivity contribution in [1.29, 1.82) is 0 Å². The van der Waals surface area contributed by atoms with Crippen molar-refractivity contribution in [1.82, 2.24) is 0 Å². The van der Waals surface area contributed by atoms with Crippen molar-refractivity contribution in [3.63, 3.8) is 0 Å². The zero-order valence-corrected chi connectivity index (χ0v) is 12.3. The molecule has 1 aliphatic rings. The van der Waals surface area contributed by atoms with Crippen LogP contribution in [0.3, 0.4) is 0 Å². The zero-order valence-electron chi connectivity index (χ0n) is 10.6. The number of carbonyl (C=O) groups excluding carboxylic acids is 1. The molecule has 0 spiro atoms. The number of carbonyl (C=O) groups is 1. The topological polar surface area (TPSA) is 17.1 Å². The molecule has 2 aromatic rings. The Morgan fingerprint density at radius 3 is 1.47 bits per heavy atom. The van der Waals surface area contributed by atoms with Crippen LogP contribution in [0.25, 0.3) is 0 Å². The lowest BCUT2D eigenvalue weighted by atomic mass is 10.0. The molecule has 1 aliphatic heterocycles. The average Bonchev–Trinajstić information content (AvgIpc) is 3.08. The van der Waals surface area contributed by atoms with Crippen LogP contribution < -0.4 is 0 Å². The van der Waals surface area contributed by atoms with Gasteiger partial charge in [-0.25, -0.2) is 0 Å². The van der Waals surface area contributed by atoms with Crippen LogP contribution in [0.2, 0.25) is 0 Å². The van der Waals surface area contributed by atoms with E-state index in [-0.39, 0.29) is 5.78 Å². The standard InChI is InChI=1S/C13H10O.C3H6S2/c14-13(11-7-3-1-4-8-11)12-9-5-2-6-10-12;1-2-5-3-4-1/h1-10H;1-3H2. The van der Waals surface area contributed by atoms with Crippen molar-refractivity contribution in [3.05, 3.63) is 71.8 Å². The highest BCUT2D eigenvalue weighted by molar-refractivity contribution is 8.19. The minimum atomic E-state index is 0.0752. The lowest BCUT2D eigenvalue weighted by Gasteiger charge is -1.99. The molecule has 1 saturated heterocycles. The number of hydrogen-bond donors (Lipinski definition) is 0. The number of benzene rings is 2. The summed E-state index contributed by atoms with van der Waals surface area (Å²) < 4.78 is 0. The summed E-state index contributed by atoms with van der Waals surface area (Å²) in [4.78, 5) is 11.8. The van der Waals surface area contributed by atoms with E-state index in [2.05, 4.69) is 0 Å². The van der Waals surface area contributed by atoms with Gasteiger partial charge in [0.15, 0.2) is 5.78 Å². The minimum Gasteiger partial charge on any atom is -0.289 e. The number of rotatable bonds is 2. The molecule has 98 valence electrons. The van der Waals surface area contributed by atoms with Crippen LogP contribution in [0.1, 0.15) is 15.9 Å². The molecular weight excluding hydrogens is 272 g/mol. The Labute approximate surface area is 122 Å². The van der Waals surface area contributed by atoms with Gasteiger partial charge in [-0.1, -0.05) is 60.7 Å². The van der Waals surface area contributed by atoms with E-state index in [1.165, 1.54) is 16.6 Å². The van der Waals surface area contributed by atoms with Gasteiger partial charge in [0.25, 0.3) is 0 Å². The lowest BCUT2D eigenvalue weighted by molar-refractivity contribution is 0.103. The van der Waals surface area contributed by atoms with Gasteiger partial charge in [-0.3, -0.25) is 4.79 Å². The van der Waals surface area contributed by atoms with E-state index in [1.807, 2.05) is 84.2 Å². The molecule has 1 nitrogen and oxygen atoms in total. The first-order chi connectivity index (χ1) is 9.38. The second kappa shape index (κ2) is 8.08. The van der Waals surface area contributed by atoms with Crippen molar-refractivity contribution in [2.75, 3.05) is 16.6 Å². The molecule has 1 heterocycles. The summed E-state index contributed by atoms with van der Waals surface area (Å²) in [6.45, 7) is 0. The van der Waals surface area contributed by atoms with Gasteiger partial charge in [-0.05, 0) is 0 Å². The number of thioether (sulfide) groups is 2. The molecule has 3 rings (SSSR count). The molecule has 0 bridgehead atoms. The molecule has 0 unspecified atom stereocenters. The van der Waals surface area contributed by atoms with E-state index >= 15 is 0 Å². The van der Waals surface area contributed by atoms with Crippen LogP contribution in [0.4, 0.5) is 0 Å². The number of hydrogen-bond acceptors (Lipinski definition) is 3. The maximum absolute atomic E-state index is 11.8. The summed E-state index contributed by atoms with van der Waals surface area (Å²) in [7, 11) is 0. The number of ketones is 1. The highest BCUT2D eigenvalue weighted by atomic mass is 32.2. The Bertz CT molecular complexity index is 444. The summed E-state index contributed by atoms with van der Waals surface area (Å²) in [6, 6.07) is 18.6. The van der Waals surface area contributed by atoms with Crippen LogP contribution in [-0.4, -0.2) is 22.4 Å². The van der Waals surface area contributed by atoms with Crippen LogP contribution in [0.15, 0.2) is 60.7 Å². The first-order valence-electron chi connectivity index (χ1n) is 6.18. The minimum absolute atomic E-state index is 0.0752. The Kier molecular flexibility index (Phi) is 6.05. The summed E-state index contributed by atoms with van der Waals surface area (Å²) >= 11 is 4.07. The van der Waals surface area contributed by atoms with Gasteiger partial charge in [0.05, 0.1) is 0 Å². The predicted octanol–water partition coefficient (Wildman–Crippen LogP) is 4.34. The van der Waals surface area contributed by atoms with Crippen LogP contribution in [0, 0.1) is 0 Å². The molecule has 0 saturated carbocycles. The first-order valence-corrected chi connectivity index (χ1v) is 8.49. The van der Waals surface area contributed by atoms with E-state index in [1.54, 1.807) is 0 Å². The third-order valence-corrected chi connectivity index (χ3v) is 5.19. The summed E-state index contributed by atoms with van der Waals surface area (Å²) in [5.41, 5.74) is 1.47. The Morgan fingerprint density at radius 1 is 0.737 bits per heavy atom. The van der Waals surface area contributed by atoms with E-state index < -0.39 is 0 Å². The highest BCUT2D eigenvalue weighted by Crippen LogP contribution is 2.20. The smallest absolute Gasteiger partial charge is 0.193 e. The zero-order chi connectivity index (χ0) is 13.3. The van der Waals surface area contributed by atoms with E-state index in [4.69, 9.17) is 0 Å². The SMILES string of the molecule is C1CSCS1.O=C(c1ccccc1)c1ccccc1. The molecule has 0 amide bonds. The van der Waals surface area contributed by atoms with Crippen LogP contribution >= 0.6 is 23.5 Å². The fourth-order valence-corrected chi connectivity index (χ4v) is 4.00. The molecule has 0 radical (unpaired) electrons. The van der Waals surface area contributed by atoms with Gasteiger partial charge in [0, 0.05) is 27.7 Å². The molecule has 19 heavy (non-hydrogen) atoms. The molecule has 2 aromatic carbocycles. The van der Waals surface area contributed by atoms with Crippen molar-refractivity contribution < 1.29 is 4.79 Å². The molecule has 0 N–H and O–H groups in total. The normalized spacial score (nSPS) is 13.5. The van der Waals surface area contributed by atoms with Crippen LogP contribution in [-0.2, 0) is 0 Å². The molecule has 0 aliphatic carbocycles. The van der Waals surface area contributed by atoms with E-state index in [9.17, 15) is 4.79 Å². The summed E-state index contributed by atoms with van der Waals surface area (Å²) in [5, 5.41) is 1.33. The van der Waals surface area contributed by atoms with Gasteiger partial charge >= 0.3 is 0 Å². The Morgan fingerprint density at radius 2 is 1.16 bits per heavy atom. The van der Waals surface area contributed by atoms with E-state index in [0.29, 0.717) is 0 Å². The molecule has 0 aromatic heterocycles. The Hall–Kier alpha value is -1.19. The molecule has 1 fully saturated rings. The molecule has 0 atom stereocenters. The fraction of sp³-hybridized carbons (Fsp3) is 0.188. The highest BCUT2D eigenvalue weighted by Gasteiger charge is 2.06. The van der Waals surface area contributed by atoms with Gasteiger partial charge in [0.1, 0.15) is 0 Å². The monoisotopic (exact) mass is 288 g/mol. The third-order valence-electron chi connectivity index (χ3n) is 2.61. The first kappa shape index (κ1) is 14.2. The van der Waals surface area contributed by atoms with Gasteiger partial charge in [-0.2, -0.15) is 23.5 Å². The molecule has 3 heteroatoms. The van der Waals surface area contributed by atoms with Gasteiger partial charge in [0.2, 0.25) is 0 Å². The largest absolute Gasteiger partial charge is 0.289 e. The summed E-state index contributed by atoms with van der Waals surface area (Å²) in [6.07, 6.45) is 0. The van der Waals surface area contributed by atoms with Crippen molar-refractivity contribution in [2.45, 2.75) is 0 Å². The van der Waals surface area contributed by atoms with E-state index in [0.717, 1.165) is 11.1 Å². The van der Waals surface area contributed by atoms with Crippen molar-refractivity contribution in [2.24, 2.45) is 0 Å². The Balaban J connectivity index is 0.000000224. The van der Waals surface area contributed by atoms with Gasteiger partial charge in [-0.15, -0.1) is 0 Å². The lowest BCUT2D eigenvalue weighted by Crippen LogP contribution is -1.99. The average molecular weight is 288 g/mol. The third kappa shape index (κ3) is 4.77. The fourth-order valence-electron chi connectivity index (χ4n) is 1.64. The molecular formula is C16H16OS2. The predicted molar refractivity (Wildman–Crippen MR) is 86.1 cm³/mol. The quantitative estimate of drug-likeness (QED) is 0.765. The maximum Gasteiger partial charge on any atom is 0.193 e. The van der Waals surface area contributed by atoms with Gasteiger partial charge < -0.3 is 0 Å². The summed E-state index contributed by atoms with van der Waals surface area (Å²) in [5.74, 6) is 2.83. The second-order valence-corrected chi connectivity index (χ2v) is 6.57. The second-order valence-electron chi connectivity index (χ2n) is 4.00. The van der Waals surface area contributed by atoms with Crippen molar-refractivity contribution in [3.8, 4) is 0 Å². The van der Waals surface area contributed by atoms with Crippen LogP contribution in [0.5, 0.6) is 0 Å². The van der Waals surface area contributed by atoms with Crippen molar-refractivity contribution >= 4 is 29.3 Å².